The van der Waals surface area contributed by atoms with E-state index in [-0.39, 0.29) is 42.7 Å². The van der Waals surface area contributed by atoms with Crippen molar-refractivity contribution in [3.8, 4) is 0 Å². The lowest BCUT2D eigenvalue weighted by atomic mass is 10.0. The summed E-state index contributed by atoms with van der Waals surface area (Å²) in [7, 11) is 5.51. The van der Waals surface area contributed by atoms with Gasteiger partial charge in [-0.15, -0.1) is 0 Å². The zero-order valence-corrected chi connectivity index (χ0v) is 36.6. The summed E-state index contributed by atoms with van der Waals surface area (Å²) >= 11 is 0. The topological polar surface area (TPSA) is 99.1 Å². The molecule has 0 aromatic heterocycles. The van der Waals surface area contributed by atoms with Gasteiger partial charge >= 0.3 is 17.9 Å². The zero-order valence-electron chi connectivity index (χ0n) is 36.6. The van der Waals surface area contributed by atoms with Crippen LogP contribution in [0.25, 0.3) is 0 Å². The van der Waals surface area contributed by atoms with Gasteiger partial charge in [-0.2, -0.15) is 0 Å². The van der Waals surface area contributed by atoms with Crippen LogP contribution in [0.2, 0.25) is 0 Å². The molecule has 55 heavy (non-hydrogen) atoms. The molecule has 0 aromatic carbocycles. The third-order valence-electron chi connectivity index (χ3n) is 10.4. The van der Waals surface area contributed by atoms with Gasteiger partial charge in [0.15, 0.2) is 12.1 Å². The first-order valence-electron chi connectivity index (χ1n) is 22.9. The summed E-state index contributed by atoms with van der Waals surface area (Å²) in [5, 5.41) is 9.60. The van der Waals surface area contributed by atoms with Crippen molar-refractivity contribution in [2.75, 3.05) is 41.0 Å². The van der Waals surface area contributed by atoms with Crippen LogP contribution in [-0.2, 0) is 28.6 Å². The van der Waals surface area contributed by atoms with Gasteiger partial charge < -0.3 is 23.8 Å². The summed E-state index contributed by atoms with van der Waals surface area (Å²) in [5.74, 6) is -1.50. The Morgan fingerprint density at radius 1 is 0.564 bits per heavy atom. The number of hydrogen-bond acceptors (Lipinski definition) is 6. The SMILES string of the molecule is CC/C=C/C/C=C/CCCCC(=O)OC(COCCC(C(=O)O)[N+](C)(C)C)COC(=O)CCCCCCCCCCCCCCCCCCCCCCCC. The number of hydrogen-bond donors (Lipinski definition) is 1. The van der Waals surface area contributed by atoms with Crippen molar-refractivity contribution < 1.29 is 38.2 Å². The minimum Gasteiger partial charge on any atom is -0.477 e. The van der Waals surface area contributed by atoms with Gasteiger partial charge in [0, 0.05) is 19.3 Å². The Bertz CT molecular complexity index is 957. The quantitative estimate of drug-likeness (QED) is 0.0285. The molecule has 322 valence electrons. The number of likely N-dealkylation sites (N-methyl/N-ethyl adjacent to an activating group) is 1. The zero-order chi connectivity index (χ0) is 40.7. The number of esters is 2. The highest BCUT2D eigenvalue weighted by molar-refractivity contribution is 5.72. The summed E-state index contributed by atoms with van der Waals surface area (Å²) < 4.78 is 17.2. The van der Waals surface area contributed by atoms with Gasteiger partial charge in [0.1, 0.15) is 6.61 Å². The number of aliphatic carboxylic acids is 1. The molecule has 0 saturated heterocycles. The standard InChI is InChI=1S/C47H87NO7/c1-6-8-10-12-14-16-17-18-19-20-21-22-23-24-25-26-27-28-30-31-33-35-37-45(49)54-42-43(41-53-40-39-44(47(51)52)48(3,4)5)55-46(50)38-36-34-32-29-15-13-11-9-7-2/h9,11,15,29,43-44H,6-8,10,12-14,16-28,30-42H2,1-5H3/p+1/b11-9+,29-15+. The van der Waals surface area contributed by atoms with E-state index >= 15 is 0 Å². The summed E-state index contributed by atoms with van der Waals surface area (Å²) in [5.41, 5.74) is 0. The van der Waals surface area contributed by atoms with Crippen LogP contribution in [0.15, 0.2) is 24.3 Å². The van der Waals surface area contributed by atoms with Crippen LogP contribution < -0.4 is 0 Å². The Hall–Kier alpha value is -2.19. The molecule has 0 radical (unpaired) electrons. The Morgan fingerprint density at radius 2 is 1.02 bits per heavy atom. The number of unbranched alkanes of at least 4 members (excludes halogenated alkanes) is 23. The van der Waals surface area contributed by atoms with Crippen LogP contribution in [-0.4, -0.2) is 80.6 Å². The number of carbonyl (C=O) groups is 3. The molecule has 0 saturated carbocycles. The number of quaternary nitrogens is 1. The van der Waals surface area contributed by atoms with Crippen LogP contribution in [0.5, 0.6) is 0 Å². The van der Waals surface area contributed by atoms with Crippen LogP contribution in [0.4, 0.5) is 0 Å². The number of carboxylic acids is 1. The largest absolute Gasteiger partial charge is 0.477 e. The van der Waals surface area contributed by atoms with E-state index < -0.39 is 18.1 Å². The fraction of sp³-hybridized carbons (Fsp3) is 0.851. The molecule has 8 nitrogen and oxygen atoms in total. The minimum absolute atomic E-state index is 0.0515. The molecule has 0 heterocycles. The Balaban J connectivity index is 4.13. The van der Waals surface area contributed by atoms with Gasteiger partial charge in [-0.25, -0.2) is 4.79 Å². The molecule has 0 bridgehead atoms. The van der Waals surface area contributed by atoms with Gasteiger partial charge in [-0.1, -0.05) is 173 Å². The summed E-state index contributed by atoms with van der Waals surface area (Å²) in [6.07, 6.45) is 42.5. The molecule has 0 aliphatic carbocycles. The van der Waals surface area contributed by atoms with Crippen LogP contribution in [0, 0.1) is 0 Å². The molecule has 0 amide bonds. The van der Waals surface area contributed by atoms with Crippen molar-refractivity contribution in [1.82, 2.24) is 0 Å². The Morgan fingerprint density at radius 3 is 1.49 bits per heavy atom. The van der Waals surface area contributed by atoms with E-state index in [1.54, 1.807) is 0 Å². The molecular weight excluding hydrogens is 691 g/mol. The van der Waals surface area contributed by atoms with Crippen molar-refractivity contribution in [2.45, 2.75) is 219 Å². The molecule has 8 heteroatoms. The molecular formula is C47H88NO7+. The van der Waals surface area contributed by atoms with Gasteiger partial charge in [0.05, 0.1) is 34.4 Å². The predicted molar refractivity (Wildman–Crippen MR) is 229 cm³/mol. The van der Waals surface area contributed by atoms with E-state index in [2.05, 4.69) is 38.2 Å². The summed E-state index contributed by atoms with van der Waals surface area (Å²) in [6.45, 7) is 4.59. The maximum Gasteiger partial charge on any atom is 0.362 e. The highest BCUT2D eigenvalue weighted by Gasteiger charge is 2.31. The van der Waals surface area contributed by atoms with Gasteiger partial charge in [0.25, 0.3) is 0 Å². The first-order chi connectivity index (χ1) is 26.6. The van der Waals surface area contributed by atoms with Crippen molar-refractivity contribution in [1.29, 1.82) is 0 Å². The van der Waals surface area contributed by atoms with Crippen molar-refractivity contribution in [2.24, 2.45) is 0 Å². The van der Waals surface area contributed by atoms with E-state index in [4.69, 9.17) is 14.2 Å². The normalized spacial score (nSPS) is 13.1. The lowest BCUT2D eigenvalue weighted by molar-refractivity contribution is -0.887. The van der Waals surface area contributed by atoms with Gasteiger partial charge in [-0.05, 0) is 38.5 Å². The maximum absolute atomic E-state index is 12.6. The third-order valence-corrected chi connectivity index (χ3v) is 10.4. The van der Waals surface area contributed by atoms with Crippen LogP contribution >= 0.6 is 0 Å². The average Bonchev–Trinajstić information content (AvgIpc) is 3.14. The highest BCUT2D eigenvalue weighted by Crippen LogP contribution is 2.16. The first-order valence-corrected chi connectivity index (χ1v) is 22.9. The smallest absolute Gasteiger partial charge is 0.362 e. The molecule has 0 aromatic rings. The third kappa shape index (κ3) is 37.2. The monoisotopic (exact) mass is 779 g/mol. The average molecular weight is 779 g/mol. The van der Waals surface area contributed by atoms with E-state index in [0.717, 1.165) is 44.9 Å². The second-order valence-electron chi connectivity index (χ2n) is 16.6. The molecule has 0 aliphatic heterocycles. The number of ether oxygens (including phenoxy) is 3. The summed E-state index contributed by atoms with van der Waals surface area (Å²) in [4.78, 5) is 36.8. The molecule has 2 atom stereocenters. The number of carboxylic acid groups (broad SMARTS) is 1. The molecule has 0 aliphatic rings. The Kier molecular flexibility index (Phi) is 37.1. The predicted octanol–water partition coefficient (Wildman–Crippen LogP) is 12.5. The molecule has 1 N–H and O–H groups in total. The van der Waals surface area contributed by atoms with Crippen molar-refractivity contribution in [3.63, 3.8) is 0 Å². The second kappa shape index (κ2) is 38.7. The highest BCUT2D eigenvalue weighted by atomic mass is 16.6. The molecule has 2 unspecified atom stereocenters. The van der Waals surface area contributed by atoms with E-state index in [9.17, 15) is 19.5 Å². The van der Waals surface area contributed by atoms with Crippen LogP contribution in [0.3, 0.4) is 0 Å². The van der Waals surface area contributed by atoms with E-state index in [1.807, 2.05) is 21.1 Å². The van der Waals surface area contributed by atoms with E-state index in [0.29, 0.717) is 19.3 Å². The lowest BCUT2D eigenvalue weighted by Crippen LogP contribution is -2.50. The number of rotatable bonds is 41. The second-order valence-corrected chi connectivity index (χ2v) is 16.6. The van der Waals surface area contributed by atoms with Crippen molar-refractivity contribution in [3.05, 3.63) is 24.3 Å². The Labute approximate surface area is 339 Å². The summed E-state index contributed by atoms with van der Waals surface area (Å²) in [6, 6.07) is -0.616. The minimum atomic E-state index is -0.879. The number of nitrogens with zero attached hydrogens (tertiary/aromatic N) is 1. The van der Waals surface area contributed by atoms with Gasteiger partial charge in [0.2, 0.25) is 0 Å². The van der Waals surface area contributed by atoms with Gasteiger partial charge in [-0.3, -0.25) is 9.59 Å². The maximum atomic E-state index is 12.6. The molecule has 0 fully saturated rings. The lowest BCUT2D eigenvalue weighted by Gasteiger charge is -2.31. The molecule has 0 spiro atoms. The van der Waals surface area contributed by atoms with E-state index in [1.165, 1.54) is 122 Å². The van der Waals surface area contributed by atoms with Crippen molar-refractivity contribution >= 4 is 17.9 Å². The van der Waals surface area contributed by atoms with Crippen LogP contribution in [0.1, 0.15) is 206 Å². The number of allylic oxidation sites excluding steroid dienone is 4. The number of carbonyl (C=O) groups excluding carboxylic acids is 2. The first kappa shape index (κ1) is 52.8. The fourth-order valence-electron chi connectivity index (χ4n) is 6.84. The fourth-order valence-corrected chi connectivity index (χ4v) is 6.84. The molecule has 0 rings (SSSR count).